The lowest BCUT2D eigenvalue weighted by molar-refractivity contribution is -0.145. The molecule has 4 atom stereocenters. The normalized spacial score (nSPS) is 31.2. The van der Waals surface area contributed by atoms with Crippen LogP contribution in [0.5, 0.6) is 0 Å². The fraction of sp³-hybridized carbons (Fsp3) is 0.524. The molecule has 9 heteroatoms. The molecule has 2 heterocycles. The van der Waals surface area contributed by atoms with Gasteiger partial charge in [-0.2, -0.15) is 0 Å². The van der Waals surface area contributed by atoms with Crippen LogP contribution in [0.3, 0.4) is 0 Å². The first kappa shape index (κ1) is 21.3. The molecular weight excluding hydrogens is 429 g/mol. The number of hydrogen-bond donors (Lipinski definition) is 0. The third-order valence-electron chi connectivity index (χ3n) is 6.39. The molecule has 0 aromatic rings. The van der Waals surface area contributed by atoms with Crippen LogP contribution in [-0.4, -0.2) is 58.2 Å². The maximum Gasteiger partial charge on any atom is 0.234 e. The molecule has 2 aliphatic heterocycles. The summed E-state index contributed by atoms with van der Waals surface area (Å²) in [5, 5.41) is 1.20. The summed E-state index contributed by atoms with van der Waals surface area (Å²) in [4.78, 5) is 55.5. The topological polar surface area (TPSA) is 78.0 Å². The van der Waals surface area contributed by atoms with Crippen molar-refractivity contribution in [2.75, 3.05) is 19.9 Å². The highest BCUT2D eigenvalue weighted by atomic mass is 35.5. The molecule has 0 spiro atoms. The Morgan fingerprint density at radius 3 is 1.63 bits per heavy atom. The van der Waals surface area contributed by atoms with Gasteiger partial charge in [-0.25, -0.2) is 0 Å². The molecule has 0 bridgehead atoms. The van der Waals surface area contributed by atoms with Crippen LogP contribution < -0.4 is 0 Å². The van der Waals surface area contributed by atoms with E-state index in [-0.39, 0.29) is 37.0 Å². The van der Waals surface area contributed by atoms with E-state index in [0.29, 0.717) is 42.3 Å². The van der Waals surface area contributed by atoms with Crippen molar-refractivity contribution in [2.24, 2.45) is 23.7 Å². The lowest BCUT2D eigenvalue weighted by Crippen LogP contribution is -2.48. The number of hydrogen-bond acceptors (Lipinski definition) is 5. The minimum absolute atomic E-state index is 0.000292. The SMILES string of the molecule is C=CCN(CN1C(=O)[C@H]2CC=C(Cl)C[C@@H]2C1=O)CN1C(=O)[C@@H]2CC=C(Cl)C[C@H]2C1=O. The molecule has 0 aromatic carbocycles. The molecule has 0 saturated carbocycles. The zero-order chi connectivity index (χ0) is 21.6. The van der Waals surface area contributed by atoms with Gasteiger partial charge in [-0.3, -0.25) is 33.9 Å². The van der Waals surface area contributed by atoms with E-state index < -0.39 is 23.7 Å². The van der Waals surface area contributed by atoms with E-state index in [9.17, 15) is 19.2 Å². The first-order valence-electron chi connectivity index (χ1n) is 10.0. The van der Waals surface area contributed by atoms with Gasteiger partial charge in [0.15, 0.2) is 0 Å². The van der Waals surface area contributed by atoms with Crippen LogP contribution in [0.4, 0.5) is 0 Å². The van der Waals surface area contributed by atoms with Crippen LogP contribution in [0.2, 0.25) is 0 Å². The quantitative estimate of drug-likeness (QED) is 0.457. The Morgan fingerprint density at radius 2 is 1.23 bits per heavy atom. The van der Waals surface area contributed by atoms with Crippen molar-refractivity contribution in [3.63, 3.8) is 0 Å². The van der Waals surface area contributed by atoms with E-state index >= 15 is 0 Å². The number of carbonyl (C=O) groups excluding carboxylic acids is 4. The molecule has 4 rings (SSSR count). The molecule has 160 valence electrons. The summed E-state index contributed by atoms with van der Waals surface area (Å²) in [5.74, 6) is -2.64. The zero-order valence-electron chi connectivity index (χ0n) is 16.4. The highest BCUT2D eigenvalue weighted by Crippen LogP contribution is 2.40. The van der Waals surface area contributed by atoms with Gasteiger partial charge in [0.25, 0.3) is 0 Å². The monoisotopic (exact) mass is 451 g/mol. The van der Waals surface area contributed by atoms with Crippen LogP contribution in [0.1, 0.15) is 25.7 Å². The average Bonchev–Trinajstić information content (AvgIpc) is 3.08. The summed E-state index contributed by atoms with van der Waals surface area (Å²) in [6, 6.07) is 0. The molecule has 0 N–H and O–H groups in total. The second kappa shape index (κ2) is 8.29. The van der Waals surface area contributed by atoms with Gasteiger partial charge < -0.3 is 0 Å². The lowest BCUT2D eigenvalue weighted by atomic mass is 9.85. The Bertz CT molecular complexity index is 817. The first-order chi connectivity index (χ1) is 14.3. The first-order valence-corrected chi connectivity index (χ1v) is 10.8. The molecule has 2 fully saturated rings. The molecular formula is C21H23Cl2N3O4. The molecule has 0 radical (unpaired) electrons. The van der Waals surface area contributed by atoms with Crippen molar-refractivity contribution in [3.05, 3.63) is 34.9 Å². The Labute approximate surface area is 184 Å². The van der Waals surface area contributed by atoms with E-state index in [4.69, 9.17) is 23.2 Å². The van der Waals surface area contributed by atoms with Gasteiger partial charge in [0.1, 0.15) is 0 Å². The van der Waals surface area contributed by atoms with Crippen molar-refractivity contribution in [2.45, 2.75) is 25.7 Å². The zero-order valence-corrected chi connectivity index (χ0v) is 17.9. The van der Waals surface area contributed by atoms with Crippen LogP contribution >= 0.6 is 23.2 Å². The predicted molar refractivity (Wildman–Crippen MR) is 111 cm³/mol. The van der Waals surface area contributed by atoms with Gasteiger partial charge >= 0.3 is 0 Å². The van der Waals surface area contributed by atoms with E-state index in [1.165, 1.54) is 9.80 Å². The summed E-state index contributed by atoms with van der Waals surface area (Å²) in [6.07, 6.45) is 6.85. The van der Waals surface area contributed by atoms with Gasteiger partial charge in [-0.1, -0.05) is 41.4 Å². The second-order valence-corrected chi connectivity index (χ2v) is 9.21. The number of rotatable bonds is 6. The number of nitrogens with zero attached hydrogens (tertiary/aromatic N) is 3. The summed E-state index contributed by atoms with van der Waals surface area (Å²) in [6.45, 7) is 4.04. The Kier molecular flexibility index (Phi) is 5.88. The third kappa shape index (κ3) is 3.63. The predicted octanol–water partition coefficient (Wildman–Crippen LogP) is 2.42. The van der Waals surface area contributed by atoms with Gasteiger partial charge in [0.2, 0.25) is 23.6 Å². The maximum absolute atomic E-state index is 12.8. The lowest BCUT2D eigenvalue weighted by Gasteiger charge is -2.29. The Balaban J connectivity index is 1.47. The van der Waals surface area contributed by atoms with Crippen LogP contribution in [0, 0.1) is 23.7 Å². The van der Waals surface area contributed by atoms with Crippen molar-refractivity contribution >= 4 is 46.8 Å². The molecule has 7 nitrogen and oxygen atoms in total. The van der Waals surface area contributed by atoms with Gasteiger partial charge in [-0.15, -0.1) is 6.58 Å². The van der Waals surface area contributed by atoms with Crippen molar-refractivity contribution < 1.29 is 19.2 Å². The van der Waals surface area contributed by atoms with Gasteiger partial charge in [-0.05, 0) is 25.7 Å². The fourth-order valence-electron chi connectivity index (χ4n) is 4.81. The fourth-order valence-corrected chi connectivity index (χ4v) is 5.32. The van der Waals surface area contributed by atoms with E-state index in [2.05, 4.69) is 6.58 Å². The molecule has 0 unspecified atom stereocenters. The number of halogens is 2. The summed E-state index contributed by atoms with van der Waals surface area (Å²) in [5.41, 5.74) is 0. The summed E-state index contributed by atoms with van der Waals surface area (Å²) in [7, 11) is 0. The number of allylic oxidation sites excluding steroid dienone is 4. The standard InChI is InChI=1S/C21H23Cl2N3O4/c1-2-7-24(10-25-18(27)14-5-3-12(22)8-16(14)20(25)29)11-26-19(28)15-6-4-13(23)9-17(15)21(26)30/h2-4,14-17H,1,5-11H2/t14-,15+,16-,17+. The van der Waals surface area contributed by atoms with Crippen LogP contribution in [0.15, 0.2) is 34.9 Å². The van der Waals surface area contributed by atoms with Crippen molar-refractivity contribution in [1.82, 2.24) is 14.7 Å². The van der Waals surface area contributed by atoms with Crippen molar-refractivity contribution in [3.8, 4) is 0 Å². The smallest absolute Gasteiger partial charge is 0.234 e. The Morgan fingerprint density at radius 1 is 0.833 bits per heavy atom. The molecule has 4 aliphatic rings. The average molecular weight is 452 g/mol. The number of likely N-dealkylation sites (tertiary alicyclic amines) is 2. The van der Waals surface area contributed by atoms with Gasteiger partial charge in [0.05, 0.1) is 37.0 Å². The summed E-state index contributed by atoms with van der Waals surface area (Å²) >= 11 is 12.2. The number of fused-ring (bicyclic) bond motifs is 2. The number of imide groups is 2. The molecule has 4 amide bonds. The number of amides is 4. The number of carbonyl (C=O) groups is 4. The minimum Gasteiger partial charge on any atom is -0.274 e. The largest absolute Gasteiger partial charge is 0.274 e. The second-order valence-electron chi connectivity index (χ2n) is 8.24. The van der Waals surface area contributed by atoms with E-state index in [1.54, 1.807) is 23.1 Å². The third-order valence-corrected chi connectivity index (χ3v) is 7.01. The molecule has 2 aliphatic carbocycles. The van der Waals surface area contributed by atoms with Crippen molar-refractivity contribution in [1.29, 1.82) is 0 Å². The highest BCUT2D eigenvalue weighted by Gasteiger charge is 2.50. The molecule has 30 heavy (non-hydrogen) atoms. The van der Waals surface area contributed by atoms with E-state index in [0.717, 1.165) is 0 Å². The summed E-state index contributed by atoms with van der Waals surface area (Å²) < 4.78 is 0. The minimum atomic E-state index is -0.438. The molecule has 2 saturated heterocycles. The highest BCUT2D eigenvalue weighted by molar-refractivity contribution is 6.30. The molecule has 0 aromatic heterocycles. The van der Waals surface area contributed by atoms with Crippen LogP contribution in [-0.2, 0) is 19.2 Å². The van der Waals surface area contributed by atoms with Gasteiger partial charge in [0, 0.05) is 16.6 Å². The van der Waals surface area contributed by atoms with Crippen LogP contribution in [0.25, 0.3) is 0 Å². The maximum atomic E-state index is 12.8. The Hall–Kier alpha value is -1.96. The van der Waals surface area contributed by atoms with E-state index in [1.807, 2.05) is 0 Å².